The van der Waals surface area contributed by atoms with Crippen molar-refractivity contribution < 1.29 is 14.3 Å². The molecule has 0 spiro atoms. The summed E-state index contributed by atoms with van der Waals surface area (Å²) >= 11 is 0. The van der Waals surface area contributed by atoms with E-state index in [4.69, 9.17) is 15.2 Å². The summed E-state index contributed by atoms with van der Waals surface area (Å²) in [4.78, 5) is 14.3. The quantitative estimate of drug-likeness (QED) is 0.771. The Kier molecular flexibility index (Phi) is 7.79. The van der Waals surface area contributed by atoms with Gasteiger partial charge in [-0.25, -0.2) is 0 Å². The van der Waals surface area contributed by atoms with Crippen molar-refractivity contribution in [2.75, 3.05) is 40.4 Å². The summed E-state index contributed by atoms with van der Waals surface area (Å²) in [5.41, 5.74) is 6.92. The van der Waals surface area contributed by atoms with Gasteiger partial charge in [0.15, 0.2) is 11.5 Å². The van der Waals surface area contributed by atoms with Crippen LogP contribution in [-0.4, -0.2) is 51.2 Å². The number of amides is 1. The summed E-state index contributed by atoms with van der Waals surface area (Å²) in [6.45, 7) is 5.54. The van der Waals surface area contributed by atoms with Crippen molar-refractivity contribution in [1.82, 2.24) is 10.2 Å². The normalized spacial score (nSPS) is 20.3. The molecule has 2 rings (SSSR count). The van der Waals surface area contributed by atoms with Crippen LogP contribution in [0.5, 0.6) is 11.5 Å². The second-order valence-electron chi connectivity index (χ2n) is 6.44. The van der Waals surface area contributed by atoms with Gasteiger partial charge in [0.2, 0.25) is 5.91 Å². The van der Waals surface area contributed by atoms with Crippen LogP contribution in [0.4, 0.5) is 0 Å². The van der Waals surface area contributed by atoms with E-state index in [9.17, 15) is 4.79 Å². The fourth-order valence-corrected chi connectivity index (χ4v) is 2.88. The first-order chi connectivity index (χ1) is 11.0. The topological polar surface area (TPSA) is 76.8 Å². The number of benzene rings is 1. The molecular formula is C17H28ClN3O3. The number of nitrogens with one attached hydrogen (secondary N) is 1. The first kappa shape index (κ1) is 20.5. The molecule has 6 nitrogen and oxygen atoms in total. The fraction of sp³-hybridized carbons (Fsp3) is 0.588. The predicted octanol–water partition coefficient (Wildman–Crippen LogP) is 1.41. The minimum absolute atomic E-state index is 0. The Labute approximate surface area is 150 Å². The zero-order chi connectivity index (χ0) is 16.9. The second kappa shape index (κ2) is 9.11. The molecule has 0 saturated carbocycles. The number of rotatable bonds is 7. The molecule has 1 aliphatic heterocycles. The molecule has 1 heterocycles. The Morgan fingerprint density at radius 1 is 1.33 bits per heavy atom. The number of likely N-dealkylation sites (tertiary alicyclic amines) is 1. The first-order valence-electron chi connectivity index (χ1n) is 7.90. The maximum absolute atomic E-state index is 12.1. The predicted molar refractivity (Wildman–Crippen MR) is 96.9 cm³/mol. The standard InChI is InChI=1S/C17H27N3O3.ClH/c1-17(11-18)6-7-20(12-17)10-16(21)19-9-13-4-5-14(22-2)15(8-13)23-3;/h4-5,8H,6-7,9-12,18H2,1-3H3,(H,19,21);1H. The highest BCUT2D eigenvalue weighted by atomic mass is 35.5. The maximum atomic E-state index is 12.1. The van der Waals surface area contributed by atoms with Gasteiger partial charge in [-0.05, 0) is 42.6 Å². The molecule has 0 aliphatic carbocycles. The lowest BCUT2D eigenvalue weighted by molar-refractivity contribution is -0.122. The zero-order valence-electron chi connectivity index (χ0n) is 14.6. The van der Waals surface area contributed by atoms with Crippen molar-refractivity contribution in [3.05, 3.63) is 23.8 Å². The van der Waals surface area contributed by atoms with Crippen molar-refractivity contribution in [1.29, 1.82) is 0 Å². The largest absolute Gasteiger partial charge is 0.493 e. The van der Waals surface area contributed by atoms with Crippen LogP contribution in [0.25, 0.3) is 0 Å². The molecule has 1 fully saturated rings. The monoisotopic (exact) mass is 357 g/mol. The third-order valence-corrected chi connectivity index (χ3v) is 4.43. The van der Waals surface area contributed by atoms with Gasteiger partial charge in [0.1, 0.15) is 0 Å². The molecule has 1 aromatic carbocycles. The number of nitrogens with two attached hydrogens (primary N) is 1. The van der Waals surface area contributed by atoms with Crippen molar-refractivity contribution >= 4 is 18.3 Å². The van der Waals surface area contributed by atoms with Crippen LogP contribution in [0.1, 0.15) is 18.9 Å². The molecule has 0 bridgehead atoms. The van der Waals surface area contributed by atoms with E-state index in [1.54, 1.807) is 14.2 Å². The summed E-state index contributed by atoms with van der Waals surface area (Å²) in [5, 5.41) is 2.95. The van der Waals surface area contributed by atoms with Crippen LogP contribution >= 0.6 is 12.4 Å². The van der Waals surface area contributed by atoms with E-state index < -0.39 is 0 Å². The van der Waals surface area contributed by atoms with Crippen LogP contribution in [0.2, 0.25) is 0 Å². The Hall–Kier alpha value is -1.50. The van der Waals surface area contributed by atoms with Gasteiger partial charge in [0.25, 0.3) is 0 Å². The Bertz CT molecular complexity index is 556. The summed E-state index contributed by atoms with van der Waals surface area (Å²) in [6.07, 6.45) is 1.05. The van der Waals surface area contributed by atoms with Crippen molar-refractivity contribution in [3.8, 4) is 11.5 Å². The molecule has 1 saturated heterocycles. The third-order valence-electron chi connectivity index (χ3n) is 4.43. The smallest absolute Gasteiger partial charge is 0.234 e. The van der Waals surface area contributed by atoms with Gasteiger partial charge in [0.05, 0.1) is 20.8 Å². The van der Waals surface area contributed by atoms with Crippen LogP contribution in [0.15, 0.2) is 18.2 Å². The van der Waals surface area contributed by atoms with Crippen molar-refractivity contribution in [2.24, 2.45) is 11.1 Å². The lowest BCUT2D eigenvalue weighted by atomic mass is 9.90. The molecule has 0 radical (unpaired) electrons. The van der Waals surface area contributed by atoms with Gasteiger partial charge in [-0.2, -0.15) is 0 Å². The van der Waals surface area contributed by atoms with E-state index in [0.29, 0.717) is 31.1 Å². The van der Waals surface area contributed by atoms with E-state index >= 15 is 0 Å². The summed E-state index contributed by atoms with van der Waals surface area (Å²) in [6, 6.07) is 5.64. The highest BCUT2D eigenvalue weighted by molar-refractivity contribution is 5.85. The molecule has 7 heteroatoms. The number of hydrogen-bond donors (Lipinski definition) is 2. The number of carbonyl (C=O) groups excluding carboxylic acids is 1. The molecule has 1 aromatic rings. The van der Waals surface area contributed by atoms with E-state index in [-0.39, 0.29) is 23.7 Å². The average Bonchev–Trinajstić information content (AvgIpc) is 2.94. The number of nitrogens with zero attached hydrogens (tertiary/aromatic N) is 1. The van der Waals surface area contributed by atoms with E-state index in [0.717, 1.165) is 25.1 Å². The highest BCUT2D eigenvalue weighted by Crippen LogP contribution is 2.28. The van der Waals surface area contributed by atoms with Crippen molar-refractivity contribution in [2.45, 2.75) is 19.9 Å². The van der Waals surface area contributed by atoms with Gasteiger partial charge >= 0.3 is 0 Å². The molecule has 1 atom stereocenters. The van der Waals surface area contributed by atoms with Gasteiger partial charge in [-0.3, -0.25) is 9.69 Å². The van der Waals surface area contributed by atoms with Crippen LogP contribution in [0, 0.1) is 5.41 Å². The molecule has 1 aliphatic rings. The molecule has 3 N–H and O–H groups in total. The highest BCUT2D eigenvalue weighted by Gasteiger charge is 2.32. The molecule has 24 heavy (non-hydrogen) atoms. The Morgan fingerprint density at radius 2 is 2.04 bits per heavy atom. The van der Waals surface area contributed by atoms with Gasteiger partial charge in [-0.15, -0.1) is 12.4 Å². The van der Waals surface area contributed by atoms with Gasteiger partial charge in [0, 0.05) is 13.1 Å². The molecule has 0 aromatic heterocycles. The number of ether oxygens (including phenoxy) is 2. The van der Waals surface area contributed by atoms with Crippen LogP contribution in [-0.2, 0) is 11.3 Å². The lowest BCUT2D eigenvalue weighted by Crippen LogP contribution is -2.38. The first-order valence-corrected chi connectivity index (χ1v) is 7.90. The SMILES string of the molecule is COc1ccc(CNC(=O)CN2CCC(C)(CN)C2)cc1OC.Cl. The van der Waals surface area contributed by atoms with Crippen LogP contribution in [0.3, 0.4) is 0 Å². The van der Waals surface area contributed by atoms with E-state index in [2.05, 4.69) is 17.1 Å². The maximum Gasteiger partial charge on any atom is 0.234 e. The Morgan fingerprint density at radius 3 is 2.62 bits per heavy atom. The second-order valence-corrected chi connectivity index (χ2v) is 6.44. The number of hydrogen-bond acceptors (Lipinski definition) is 5. The molecule has 136 valence electrons. The molecule has 1 amide bonds. The van der Waals surface area contributed by atoms with Gasteiger partial charge in [-0.1, -0.05) is 13.0 Å². The molecule has 1 unspecified atom stereocenters. The summed E-state index contributed by atoms with van der Waals surface area (Å²) in [7, 11) is 3.20. The molecular weight excluding hydrogens is 330 g/mol. The minimum Gasteiger partial charge on any atom is -0.493 e. The average molecular weight is 358 g/mol. The lowest BCUT2D eigenvalue weighted by Gasteiger charge is -2.22. The number of carbonyl (C=O) groups is 1. The summed E-state index contributed by atoms with van der Waals surface area (Å²) in [5.74, 6) is 1.37. The minimum atomic E-state index is 0. The summed E-state index contributed by atoms with van der Waals surface area (Å²) < 4.78 is 10.5. The van der Waals surface area contributed by atoms with E-state index in [1.165, 1.54) is 0 Å². The zero-order valence-corrected chi connectivity index (χ0v) is 15.4. The van der Waals surface area contributed by atoms with E-state index in [1.807, 2.05) is 18.2 Å². The number of halogens is 1. The third kappa shape index (κ3) is 5.26. The fourth-order valence-electron chi connectivity index (χ4n) is 2.88. The Balaban J connectivity index is 0.00000288. The number of methoxy groups -OCH3 is 2. The van der Waals surface area contributed by atoms with Gasteiger partial charge < -0.3 is 20.5 Å². The van der Waals surface area contributed by atoms with Crippen molar-refractivity contribution in [3.63, 3.8) is 0 Å². The van der Waals surface area contributed by atoms with Crippen LogP contribution < -0.4 is 20.5 Å².